The zero-order valence-electron chi connectivity index (χ0n) is 9.57. The predicted octanol–water partition coefficient (Wildman–Crippen LogP) is 2.46. The molecule has 1 aromatic rings. The normalized spacial score (nSPS) is 10.8. The summed E-state index contributed by atoms with van der Waals surface area (Å²) < 4.78 is 1.83. The number of hydrogen-bond donors (Lipinski definition) is 1. The van der Waals surface area contributed by atoms with Crippen molar-refractivity contribution < 1.29 is 0 Å². The Balaban J connectivity index is 2.12. The second kappa shape index (κ2) is 6.71. The molecule has 0 aliphatic heterocycles. The fourth-order valence-electron chi connectivity index (χ4n) is 1.32. The van der Waals surface area contributed by atoms with E-state index in [0.29, 0.717) is 5.95 Å². The third kappa shape index (κ3) is 4.11. The number of hydrogen-bond acceptors (Lipinski definition) is 4. The molecule has 1 heterocycles. The van der Waals surface area contributed by atoms with Crippen LogP contribution in [0.1, 0.15) is 39.0 Å². The van der Waals surface area contributed by atoms with Crippen LogP contribution in [0.25, 0.3) is 0 Å². The van der Waals surface area contributed by atoms with Crippen molar-refractivity contribution >= 4 is 17.7 Å². The van der Waals surface area contributed by atoms with E-state index in [9.17, 15) is 0 Å². The Kier molecular flexibility index (Phi) is 5.53. The van der Waals surface area contributed by atoms with Gasteiger partial charge in [-0.05, 0) is 6.42 Å². The number of unbranched alkanes of at least 4 members (excludes halogenated alkanes) is 4. The fraction of sp³-hybridized carbons (Fsp3) is 0.800. The second-order valence-electron chi connectivity index (χ2n) is 3.66. The SMILES string of the molecule is CCCCCCCSc1nnc(N)n1C. The first-order valence-corrected chi connectivity index (χ1v) is 6.52. The molecule has 0 unspecified atom stereocenters. The zero-order chi connectivity index (χ0) is 11.1. The topological polar surface area (TPSA) is 56.7 Å². The summed E-state index contributed by atoms with van der Waals surface area (Å²) in [5.74, 6) is 1.60. The minimum atomic E-state index is 0.489. The van der Waals surface area contributed by atoms with Crippen LogP contribution in [0.15, 0.2) is 5.16 Å². The van der Waals surface area contributed by atoms with Crippen LogP contribution < -0.4 is 5.73 Å². The van der Waals surface area contributed by atoms with E-state index in [0.717, 1.165) is 10.9 Å². The highest BCUT2D eigenvalue weighted by Crippen LogP contribution is 2.18. The van der Waals surface area contributed by atoms with Crippen LogP contribution in [0.2, 0.25) is 0 Å². The van der Waals surface area contributed by atoms with Crippen LogP contribution in [0, 0.1) is 0 Å². The lowest BCUT2D eigenvalue weighted by molar-refractivity contribution is 0.658. The van der Waals surface area contributed by atoms with Crippen molar-refractivity contribution in [2.45, 2.75) is 44.2 Å². The van der Waals surface area contributed by atoms with Gasteiger partial charge in [0, 0.05) is 12.8 Å². The first-order valence-electron chi connectivity index (χ1n) is 5.53. The highest BCUT2D eigenvalue weighted by Gasteiger charge is 2.04. The summed E-state index contributed by atoms with van der Waals surface area (Å²) >= 11 is 1.74. The Morgan fingerprint density at radius 3 is 2.53 bits per heavy atom. The van der Waals surface area contributed by atoms with Gasteiger partial charge in [0.15, 0.2) is 5.16 Å². The van der Waals surface area contributed by atoms with E-state index in [1.165, 1.54) is 32.1 Å². The van der Waals surface area contributed by atoms with Crippen molar-refractivity contribution in [2.75, 3.05) is 11.5 Å². The van der Waals surface area contributed by atoms with Gasteiger partial charge < -0.3 is 5.73 Å². The van der Waals surface area contributed by atoms with Gasteiger partial charge in [-0.3, -0.25) is 4.57 Å². The molecule has 4 nitrogen and oxygen atoms in total. The van der Waals surface area contributed by atoms with Crippen LogP contribution >= 0.6 is 11.8 Å². The van der Waals surface area contributed by atoms with Crippen LogP contribution in [0.3, 0.4) is 0 Å². The van der Waals surface area contributed by atoms with Crippen molar-refractivity contribution in [3.63, 3.8) is 0 Å². The van der Waals surface area contributed by atoms with Gasteiger partial charge in [-0.25, -0.2) is 0 Å². The van der Waals surface area contributed by atoms with Gasteiger partial charge in [0.2, 0.25) is 5.95 Å². The van der Waals surface area contributed by atoms with Crippen LogP contribution in [-0.4, -0.2) is 20.5 Å². The van der Waals surface area contributed by atoms with Crippen LogP contribution in [0.4, 0.5) is 5.95 Å². The molecule has 86 valence electrons. The second-order valence-corrected chi connectivity index (χ2v) is 4.72. The first-order chi connectivity index (χ1) is 7.25. The Hall–Kier alpha value is -0.710. The summed E-state index contributed by atoms with van der Waals surface area (Å²) in [6.07, 6.45) is 6.55. The smallest absolute Gasteiger partial charge is 0.222 e. The number of nitrogen functional groups attached to an aromatic ring is 1. The minimum absolute atomic E-state index is 0.489. The maximum absolute atomic E-state index is 5.59. The lowest BCUT2D eigenvalue weighted by Gasteiger charge is -2.01. The third-order valence-corrected chi connectivity index (χ3v) is 3.45. The average molecular weight is 228 g/mol. The molecule has 0 aliphatic rings. The molecule has 0 atom stereocenters. The molecular weight excluding hydrogens is 208 g/mol. The fourth-order valence-corrected chi connectivity index (χ4v) is 2.24. The largest absolute Gasteiger partial charge is 0.368 e. The van der Waals surface area contributed by atoms with Gasteiger partial charge in [0.05, 0.1) is 0 Å². The highest BCUT2D eigenvalue weighted by atomic mass is 32.2. The Morgan fingerprint density at radius 2 is 1.93 bits per heavy atom. The number of thioether (sulfide) groups is 1. The van der Waals surface area contributed by atoms with E-state index in [-0.39, 0.29) is 0 Å². The van der Waals surface area contributed by atoms with Crippen molar-refractivity contribution in [1.82, 2.24) is 14.8 Å². The van der Waals surface area contributed by atoms with Gasteiger partial charge in [0.1, 0.15) is 0 Å². The summed E-state index contributed by atoms with van der Waals surface area (Å²) in [4.78, 5) is 0. The lowest BCUT2D eigenvalue weighted by atomic mass is 10.2. The van der Waals surface area contributed by atoms with Crippen molar-refractivity contribution in [2.24, 2.45) is 7.05 Å². The Morgan fingerprint density at radius 1 is 1.20 bits per heavy atom. The van der Waals surface area contributed by atoms with E-state index in [1.807, 2.05) is 11.6 Å². The molecule has 0 aromatic carbocycles. The molecule has 0 saturated heterocycles. The van der Waals surface area contributed by atoms with Gasteiger partial charge in [-0.1, -0.05) is 44.4 Å². The van der Waals surface area contributed by atoms with Crippen LogP contribution in [0.5, 0.6) is 0 Å². The molecule has 0 amide bonds. The molecule has 15 heavy (non-hydrogen) atoms. The van der Waals surface area contributed by atoms with E-state index in [4.69, 9.17) is 5.73 Å². The van der Waals surface area contributed by atoms with Crippen molar-refractivity contribution in [3.8, 4) is 0 Å². The van der Waals surface area contributed by atoms with Gasteiger partial charge in [0.25, 0.3) is 0 Å². The molecule has 0 saturated carbocycles. The molecular formula is C10H20N4S. The standard InChI is InChI=1S/C10H20N4S/c1-3-4-5-6-7-8-15-10-13-12-9(11)14(10)2/h3-8H2,1-2H3,(H2,11,12). The lowest BCUT2D eigenvalue weighted by Crippen LogP contribution is -1.98. The van der Waals surface area contributed by atoms with E-state index in [2.05, 4.69) is 17.1 Å². The molecule has 0 radical (unpaired) electrons. The van der Waals surface area contributed by atoms with E-state index >= 15 is 0 Å². The predicted molar refractivity (Wildman–Crippen MR) is 64.9 cm³/mol. The number of nitrogens with zero attached hydrogens (tertiary/aromatic N) is 3. The summed E-state index contributed by atoms with van der Waals surface area (Å²) in [6, 6.07) is 0. The van der Waals surface area contributed by atoms with Crippen LogP contribution in [-0.2, 0) is 7.05 Å². The van der Waals surface area contributed by atoms with Crippen molar-refractivity contribution in [3.05, 3.63) is 0 Å². The Labute approximate surface area is 95.6 Å². The maximum Gasteiger partial charge on any atom is 0.222 e. The maximum atomic E-state index is 5.59. The first kappa shape index (κ1) is 12.4. The van der Waals surface area contributed by atoms with Gasteiger partial charge in [-0.2, -0.15) is 0 Å². The number of anilines is 1. The summed E-state index contributed by atoms with van der Waals surface area (Å²) in [5, 5.41) is 8.73. The monoisotopic (exact) mass is 228 g/mol. The highest BCUT2D eigenvalue weighted by molar-refractivity contribution is 7.99. The molecule has 0 bridgehead atoms. The number of nitrogens with two attached hydrogens (primary N) is 1. The molecule has 0 fully saturated rings. The Bertz CT molecular complexity index is 285. The van der Waals surface area contributed by atoms with Gasteiger partial charge >= 0.3 is 0 Å². The number of rotatable bonds is 7. The molecule has 1 aromatic heterocycles. The summed E-state index contributed by atoms with van der Waals surface area (Å²) in [5.41, 5.74) is 5.59. The summed E-state index contributed by atoms with van der Waals surface area (Å²) in [7, 11) is 1.90. The quantitative estimate of drug-likeness (QED) is 0.575. The van der Waals surface area contributed by atoms with Gasteiger partial charge in [-0.15, -0.1) is 10.2 Å². The average Bonchev–Trinajstić information content (AvgIpc) is 2.54. The molecule has 2 N–H and O–H groups in total. The van der Waals surface area contributed by atoms with E-state index in [1.54, 1.807) is 11.8 Å². The third-order valence-electron chi connectivity index (χ3n) is 2.35. The molecule has 5 heteroatoms. The minimum Gasteiger partial charge on any atom is -0.368 e. The van der Waals surface area contributed by atoms with E-state index < -0.39 is 0 Å². The molecule has 0 spiro atoms. The number of aromatic nitrogens is 3. The molecule has 1 rings (SSSR count). The summed E-state index contributed by atoms with van der Waals surface area (Å²) in [6.45, 7) is 2.23. The molecule has 0 aliphatic carbocycles. The zero-order valence-corrected chi connectivity index (χ0v) is 10.4. The van der Waals surface area contributed by atoms with Crippen molar-refractivity contribution in [1.29, 1.82) is 0 Å².